The van der Waals surface area contributed by atoms with Gasteiger partial charge in [-0.25, -0.2) is 8.78 Å². The molecule has 1 aromatic rings. The summed E-state index contributed by atoms with van der Waals surface area (Å²) in [7, 11) is 0. The van der Waals surface area contributed by atoms with Gasteiger partial charge in [0.15, 0.2) is 11.6 Å². The molecule has 0 aliphatic heterocycles. The summed E-state index contributed by atoms with van der Waals surface area (Å²) in [6, 6.07) is 3.52. The first-order valence-electron chi connectivity index (χ1n) is 9.16. The molecule has 1 nitrogen and oxygen atoms in total. The van der Waals surface area contributed by atoms with E-state index in [2.05, 4.69) is 6.92 Å². The van der Waals surface area contributed by atoms with Gasteiger partial charge in [-0.1, -0.05) is 19.1 Å². The fraction of sp³-hybridized carbons (Fsp3) is 0.700. The fourth-order valence-electron chi connectivity index (χ4n) is 4.54. The third-order valence-corrected chi connectivity index (χ3v) is 5.87. The van der Waals surface area contributed by atoms with Crippen LogP contribution in [-0.4, -0.2) is 12.7 Å². The highest BCUT2D eigenvalue weighted by Gasteiger charge is 2.37. The Morgan fingerprint density at radius 3 is 2.52 bits per heavy atom. The van der Waals surface area contributed by atoms with Gasteiger partial charge in [-0.05, 0) is 80.8 Å². The van der Waals surface area contributed by atoms with E-state index >= 15 is 0 Å². The van der Waals surface area contributed by atoms with Crippen LogP contribution < -0.4 is 0 Å². The van der Waals surface area contributed by atoms with E-state index in [4.69, 9.17) is 4.74 Å². The molecular formula is C20H28F2O. The number of ether oxygens (including phenoxy) is 1. The van der Waals surface area contributed by atoms with E-state index in [0.29, 0.717) is 29.1 Å². The lowest BCUT2D eigenvalue weighted by molar-refractivity contribution is -0.0149. The summed E-state index contributed by atoms with van der Waals surface area (Å²) in [6.07, 6.45) is 8.04. The molecule has 2 aliphatic carbocycles. The predicted octanol–water partition coefficient (Wildman–Crippen LogP) is 5.75. The quantitative estimate of drug-likeness (QED) is 0.685. The van der Waals surface area contributed by atoms with Crippen LogP contribution in [-0.2, 0) is 4.74 Å². The van der Waals surface area contributed by atoms with Gasteiger partial charge in [0.25, 0.3) is 0 Å². The SMILES string of the molecule is CCCOC1CCC2CC(c3ccc(C)c(F)c3F)CCC2C1. The van der Waals surface area contributed by atoms with Crippen molar-refractivity contribution in [3.63, 3.8) is 0 Å². The van der Waals surface area contributed by atoms with Crippen LogP contribution in [0.4, 0.5) is 8.78 Å². The van der Waals surface area contributed by atoms with Gasteiger partial charge < -0.3 is 4.74 Å². The summed E-state index contributed by atoms with van der Waals surface area (Å²) in [5, 5.41) is 0. The van der Waals surface area contributed by atoms with Gasteiger partial charge in [0, 0.05) is 6.61 Å². The highest BCUT2D eigenvalue weighted by Crippen LogP contribution is 2.47. The van der Waals surface area contributed by atoms with E-state index in [1.54, 1.807) is 19.1 Å². The summed E-state index contributed by atoms with van der Waals surface area (Å²) in [6.45, 7) is 4.63. The molecule has 2 fully saturated rings. The predicted molar refractivity (Wildman–Crippen MR) is 88.5 cm³/mol. The maximum atomic E-state index is 14.3. The number of fused-ring (bicyclic) bond motifs is 1. The molecule has 2 saturated carbocycles. The number of rotatable bonds is 4. The van der Waals surface area contributed by atoms with E-state index in [1.807, 2.05) is 0 Å². The zero-order valence-corrected chi connectivity index (χ0v) is 14.3. The van der Waals surface area contributed by atoms with Crippen molar-refractivity contribution in [2.75, 3.05) is 6.61 Å². The van der Waals surface area contributed by atoms with Crippen molar-refractivity contribution in [2.45, 2.75) is 70.8 Å². The van der Waals surface area contributed by atoms with Crippen LogP contribution in [0.15, 0.2) is 12.1 Å². The first-order valence-corrected chi connectivity index (χ1v) is 9.16. The van der Waals surface area contributed by atoms with Crippen LogP contribution >= 0.6 is 0 Å². The molecular weight excluding hydrogens is 294 g/mol. The van der Waals surface area contributed by atoms with E-state index in [9.17, 15) is 8.78 Å². The molecule has 0 spiro atoms. The molecule has 23 heavy (non-hydrogen) atoms. The van der Waals surface area contributed by atoms with Crippen LogP contribution in [0.2, 0.25) is 0 Å². The largest absolute Gasteiger partial charge is 0.378 e. The lowest BCUT2D eigenvalue weighted by atomic mass is 9.65. The molecule has 0 radical (unpaired) electrons. The van der Waals surface area contributed by atoms with Gasteiger partial charge >= 0.3 is 0 Å². The Morgan fingerprint density at radius 1 is 1.00 bits per heavy atom. The van der Waals surface area contributed by atoms with Gasteiger partial charge in [-0.15, -0.1) is 0 Å². The van der Waals surface area contributed by atoms with Crippen molar-refractivity contribution in [3.05, 3.63) is 34.9 Å². The monoisotopic (exact) mass is 322 g/mol. The molecule has 128 valence electrons. The van der Waals surface area contributed by atoms with Crippen molar-refractivity contribution in [3.8, 4) is 0 Å². The van der Waals surface area contributed by atoms with Gasteiger partial charge in [-0.2, -0.15) is 0 Å². The minimum Gasteiger partial charge on any atom is -0.378 e. The number of benzene rings is 1. The molecule has 4 atom stereocenters. The molecule has 2 aliphatic rings. The van der Waals surface area contributed by atoms with Gasteiger partial charge in [0.05, 0.1) is 6.10 Å². The Labute approximate surface area is 138 Å². The van der Waals surface area contributed by atoms with Crippen molar-refractivity contribution >= 4 is 0 Å². The van der Waals surface area contributed by atoms with E-state index < -0.39 is 11.6 Å². The second kappa shape index (κ2) is 7.29. The first kappa shape index (κ1) is 16.9. The lowest BCUT2D eigenvalue weighted by Crippen LogP contribution is -2.34. The summed E-state index contributed by atoms with van der Waals surface area (Å²) in [5.41, 5.74) is 0.990. The van der Waals surface area contributed by atoms with Gasteiger partial charge in [0.2, 0.25) is 0 Å². The highest BCUT2D eigenvalue weighted by molar-refractivity contribution is 5.28. The molecule has 0 aromatic heterocycles. The lowest BCUT2D eigenvalue weighted by Gasteiger charge is -2.42. The Balaban J connectivity index is 1.65. The molecule has 3 rings (SSSR count). The number of hydrogen-bond acceptors (Lipinski definition) is 1. The minimum atomic E-state index is -0.665. The highest BCUT2D eigenvalue weighted by atomic mass is 19.2. The van der Waals surface area contributed by atoms with Crippen LogP contribution in [0.1, 0.15) is 68.9 Å². The second-order valence-corrected chi connectivity index (χ2v) is 7.44. The maximum Gasteiger partial charge on any atom is 0.162 e. The average Bonchev–Trinajstić information content (AvgIpc) is 2.57. The smallest absolute Gasteiger partial charge is 0.162 e. The number of aryl methyl sites for hydroxylation is 1. The first-order chi connectivity index (χ1) is 11.1. The van der Waals surface area contributed by atoms with Crippen molar-refractivity contribution in [1.29, 1.82) is 0 Å². The van der Waals surface area contributed by atoms with Gasteiger partial charge in [-0.3, -0.25) is 0 Å². The third-order valence-electron chi connectivity index (χ3n) is 5.87. The second-order valence-electron chi connectivity index (χ2n) is 7.44. The Bertz CT molecular complexity index is 543. The maximum absolute atomic E-state index is 14.3. The fourth-order valence-corrected chi connectivity index (χ4v) is 4.54. The van der Waals surface area contributed by atoms with Gasteiger partial charge in [0.1, 0.15) is 0 Å². The van der Waals surface area contributed by atoms with Crippen LogP contribution in [0, 0.1) is 30.4 Å². The number of halogens is 2. The van der Waals surface area contributed by atoms with Crippen LogP contribution in [0.5, 0.6) is 0 Å². The molecule has 0 bridgehead atoms. The zero-order valence-electron chi connectivity index (χ0n) is 14.3. The molecule has 3 heteroatoms. The summed E-state index contributed by atoms with van der Waals surface area (Å²) in [5.74, 6) is 0.258. The average molecular weight is 322 g/mol. The van der Waals surface area contributed by atoms with Crippen LogP contribution in [0.25, 0.3) is 0 Å². The molecule has 0 heterocycles. The summed E-state index contributed by atoms with van der Waals surface area (Å²) < 4.78 is 34.1. The molecule has 0 N–H and O–H groups in total. The summed E-state index contributed by atoms with van der Waals surface area (Å²) >= 11 is 0. The molecule has 4 unspecified atom stereocenters. The standard InChI is InChI=1S/C20H28F2O/c1-3-10-23-17-8-7-14-11-16(6-5-15(14)12-17)18-9-4-13(2)19(21)20(18)22/h4,9,14-17H,3,5-8,10-12H2,1-2H3. The Morgan fingerprint density at radius 2 is 1.74 bits per heavy atom. The summed E-state index contributed by atoms with van der Waals surface area (Å²) in [4.78, 5) is 0. The molecule has 0 amide bonds. The van der Waals surface area contributed by atoms with Crippen molar-refractivity contribution in [1.82, 2.24) is 0 Å². The molecule has 1 aromatic carbocycles. The van der Waals surface area contributed by atoms with E-state index in [-0.39, 0.29) is 5.92 Å². The Hall–Kier alpha value is -0.960. The normalized spacial score (nSPS) is 31.0. The van der Waals surface area contributed by atoms with Crippen molar-refractivity contribution in [2.24, 2.45) is 11.8 Å². The van der Waals surface area contributed by atoms with Crippen molar-refractivity contribution < 1.29 is 13.5 Å². The zero-order chi connectivity index (χ0) is 16.4. The molecule has 0 saturated heterocycles. The van der Waals surface area contributed by atoms with E-state index in [1.165, 1.54) is 6.42 Å². The Kier molecular flexibility index (Phi) is 5.35. The van der Waals surface area contributed by atoms with Crippen LogP contribution in [0.3, 0.4) is 0 Å². The number of hydrogen-bond donors (Lipinski definition) is 0. The topological polar surface area (TPSA) is 9.23 Å². The minimum absolute atomic E-state index is 0.180. The van der Waals surface area contributed by atoms with E-state index in [0.717, 1.165) is 45.1 Å². The third kappa shape index (κ3) is 3.60.